The molecule has 6 atom stereocenters. The Labute approximate surface area is 383 Å². The van der Waals surface area contributed by atoms with E-state index in [-0.39, 0.29) is 87.3 Å². The van der Waals surface area contributed by atoms with E-state index in [1.54, 1.807) is 30.3 Å². The van der Waals surface area contributed by atoms with Gasteiger partial charge in [0.15, 0.2) is 0 Å². The van der Waals surface area contributed by atoms with Gasteiger partial charge in [0.25, 0.3) is 11.4 Å². The molecule has 1 heterocycles. The quantitative estimate of drug-likeness (QED) is 0.0352. The molecule has 3 N–H and O–H groups in total. The maximum absolute atomic E-state index is 14.8. The number of ether oxygens (including phenoxy) is 5. The summed E-state index contributed by atoms with van der Waals surface area (Å²) >= 11 is 0. The van der Waals surface area contributed by atoms with Gasteiger partial charge in [0, 0.05) is 55.9 Å². The number of benzene rings is 3. The zero-order valence-electron chi connectivity index (χ0n) is 37.6. The van der Waals surface area contributed by atoms with Crippen LogP contribution >= 0.6 is 0 Å². The number of fused-ring (bicyclic) bond motifs is 2. The minimum absolute atomic E-state index is 0.00241. The summed E-state index contributed by atoms with van der Waals surface area (Å²) in [6, 6.07) is 15.4. The van der Waals surface area contributed by atoms with Crippen molar-refractivity contribution in [3.8, 4) is 23.0 Å². The van der Waals surface area contributed by atoms with E-state index >= 15 is 0 Å². The molecule has 3 aromatic carbocycles. The van der Waals surface area contributed by atoms with Gasteiger partial charge in [-0.1, -0.05) is 36.2 Å². The summed E-state index contributed by atoms with van der Waals surface area (Å²) < 4.78 is 32.2. The summed E-state index contributed by atoms with van der Waals surface area (Å²) in [6.07, 6.45) is 6.92. The van der Waals surface area contributed by atoms with Crippen LogP contribution in [0.3, 0.4) is 0 Å². The number of hydrogen-bond donors (Lipinski definition) is 3. The molecule has 66 heavy (non-hydrogen) atoms. The molecule has 0 unspecified atom stereocenters. The third-order valence-corrected chi connectivity index (χ3v) is 11.9. The topological polar surface area (TPSA) is 235 Å². The first kappa shape index (κ1) is 49.5. The second-order valence-corrected chi connectivity index (χ2v) is 17.5. The van der Waals surface area contributed by atoms with E-state index in [4.69, 9.17) is 33.7 Å². The molecule has 0 aromatic heterocycles. The van der Waals surface area contributed by atoms with E-state index < -0.39 is 45.2 Å². The maximum atomic E-state index is 14.8. The van der Waals surface area contributed by atoms with Crippen molar-refractivity contribution in [3.63, 3.8) is 0 Å². The molecule has 0 saturated heterocycles. The van der Waals surface area contributed by atoms with Crippen LogP contribution in [0.15, 0.2) is 96.2 Å². The van der Waals surface area contributed by atoms with Crippen molar-refractivity contribution >= 4 is 23.2 Å². The number of amides is 1. The fraction of sp³-hybridized carbons (Fsp3) is 0.500. The number of nitrogens with zero attached hydrogens (tertiary/aromatic N) is 4. The molecule has 2 aliphatic carbocycles. The molecule has 1 saturated carbocycles. The Morgan fingerprint density at radius 3 is 2.27 bits per heavy atom. The zero-order valence-corrected chi connectivity index (χ0v) is 37.6. The van der Waals surface area contributed by atoms with Crippen molar-refractivity contribution in [3.05, 3.63) is 117 Å². The average Bonchev–Trinajstić information content (AvgIpc) is 3.29. The average molecular weight is 917 g/mol. The second kappa shape index (κ2) is 22.5. The highest BCUT2D eigenvalue weighted by atomic mass is 16.7. The van der Waals surface area contributed by atoms with Crippen LogP contribution in [-0.2, 0) is 14.3 Å². The Kier molecular flexibility index (Phi) is 16.9. The Morgan fingerprint density at radius 1 is 0.909 bits per heavy atom. The number of aliphatic hydroxyl groups excluding tert-OH is 3. The molecular formula is C48H60N4O14. The first-order valence-corrected chi connectivity index (χ1v) is 22.3. The van der Waals surface area contributed by atoms with Gasteiger partial charge >= 0.3 is 6.09 Å². The molecule has 0 bridgehead atoms. The van der Waals surface area contributed by atoms with Crippen molar-refractivity contribution < 1.29 is 58.5 Å². The molecule has 1 amide bonds. The number of allylic oxidation sites excluding steroid dienone is 1. The number of hydrogen-bond acceptors (Lipinski definition) is 15. The number of carbonyl (C=O) groups excluding carboxylic acids is 1. The van der Waals surface area contributed by atoms with Gasteiger partial charge in [0.1, 0.15) is 34.6 Å². The predicted molar refractivity (Wildman–Crippen MR) is 243 cm³/mol. The van der Waals surface area contributed by atoms with Gasteiger partial charge in [-0.05, 0) is 100 Å². The van der Waals surface area contributed by atoms with Gasteiger partial charge in [-0.15, -0.1) is 6.58 Å². The molecular weight excluding hydrogens is 857 g/mol. The number of unbranched alkanes of at least 4 members (excludes halogenated alkanes) is 2. The van der Waals surface area contributed by atoms with Crippen molar-refractivity contribution in [1.29, 1.82) is 0 Å². The Morgan fingerprint density at radius 2 is 1.61 bits per heavy atom. The minimum Gasteiger partial charge on any atom is -0.459 e. The number of nitro groups is 2. The zero-order chi connectivity index (χ0) is 47.4. The number of rotatable bonds is 23. The first-order chi connectivity index (χ1) is 31.7. The van der Waals surface area contributed by atoms with Crippen LogP contribution in [-0.4, -0.2) is 105 Å². The molecule has 3 aromatic rings. The molecule has 0 radical (unpaired) electrons. The van der Waals surface area contributed by atoms with Gasteiger partial charge < -0.3 is 43.8 Å². The largest absolute Gasteiger partial charge is 0.459 e. The maximum Gasteiger partial charge on any atom is 0.415 e. The van der Waals surface area contributed by atoms with E-state index in [0.717, 1.165) is 17.6 Å². The number of nitro benzene ring substituents is 2. The fourth-order valence-corrected chi connectivity index (χ4v) is 9.20. The minimum atomic E-state index is -1.67. The van der Waals surface area contributed by atoms with Gasteiger partial charge in [-0.25, -0.2) is 4.79 Å². The summed E-state index contributed by atoms with van der Waals surface area (Å²) in [6.45, 7) is 9.23. The van der Waals surface area contributed by atoms with Crippen LogP contribution in [0.25, 0.3) is 0 Å². The Bertz CT molecular complexity index is 2230. The summed E-state index contributed by atoms with van der Waals surface area (Å²) in [5.74, 6) is -1.84. The predicted octanol–water partition coefficient (Wildman–Crippen LogP) is 8.24. The highest BCUT2D eigenvalue weighted by Crippen LogP contribution is 2.62. The number of aliphatic hydroxyl groups is 3. The lowest BCUT2D eigenvalue weighted by atomic mass is 9.55. The first-order valence-electron chi connectivity index (χ1n) is 22.3. The smallest absolute Gasteiger partial charge is 0.415 e. The van der Waals surface area contributed by atoms with Gasteiger partial charge in [0.05, 0.1) is 54.0 Å². The molecule has 3 aliphatic rings. The molecule has 18 heteroatoms. The summed E-state index contributed by atoms with van der Waals surface area (Å²) in [7, 11) is 0. The monoisotopic (exact) mass is 916 g/mol. The summed E-state index contributed by atoms with van der Waals surface area (Å²) in [5.41, 5.74) is 1.03. The third kappa shape index (κ3) is 11.7. The lowest BCUT2D eigenvalue weighted by molar-refractivity contribution is -0.385. The van der Waals surface area contributed by atoms with Crippen LogP contribution in [0.2, 0.25) is 0 Å². The van der Waals surface area contributed by atoms with Crippen LogP contribution in [0.1, 0.15) is 77.2 Å². The van der Waals surface area contributed by atoms with Crippen molar-refractivity contribution in [2.45, 2.75) is 89.1 Å². The number of non-ortho nitro benzene ring substituents is 2. The van der Waals surface area contributed by atoms with E-state index in [0.29, 0.717) is 49.3 Å². The van der Waals surface area contributed by atoms with E-state index in [1.807, 2.05) is 26.8 Å². The van der Waals surface area contributed by atoms with Crippen LogP contribution in [0, 0.1) is 38.0 Å². The third-order valence-electron chi connectivity index (χ3n) is 11.9. The second-order valence-electron chi connectivity index (χ2n) is 17.5. The van der Waals surface area contributed by atoms with E-state index in [9.17, 15) is 40.3 Å². The highest BCUT2D eigenvalue weighted by Gasteiger charge is 2.65. The van der Waals surface area contributed by atoms with Gasteiger partial charge in [-0.2, -0.15) is 0 Å². The van der Waals surface area contributed by atoms with Gasteiger partial charge in [-0.3, -0.25) is 25.1 Å². The van der Waals surface area contributed by atoms with Crippen LogP contribution in [0.4, 0.5) is 16.2 Å². The number of carbonyl (C=O) groups is 1. The standard InChI is InChI=1S/C48H60N4O14/c1-5-25-62-48-43(50(21-26-61-27-24-55)46(56)64-35-17-15-33(16-18-35)51(57)58)31-41(49-66-47(2,3)4)39-28-32(11-6-8-22-53)38(14-7-9-23-54)44(45(39)48)40-30-37(19-20-42(40)65-48)63-36-13-10-12-34(29-36)52(59)60/h5,10,12-13,15-20,28-30,32,38,43-45,53-55H,1,6-9,11,14,21-27,31H2,2-4H3/t32-,38+,43-,44+,45+,48+/m0/s1. The lowest BCUT2D eigenvalue weighted by Gasteiger charge is -2.59. The Balaban J connectivity index is 1.59. The normalized spacial score (nSPS) is 22.5. The molecule has 356 valence electrons. The van der Waals surface area contributed by atoms with Gasteiger partial charge in [0.2, 0.25) is 5.79 Å². The van der Waals surface area contributed by atoms with Crippen LogP contribution in [0.5, 0.6) is 23.0 Å². The molecule has 6 rings (SSSR count). The lowest BCUT2D eigenvalue weighted by Crippen LogP contribution is -2.70. The molecule has 18 nitrogen and oxygen atoms in total. The van der Waals surface area contributed by atoms with E-state index in [1.165, 1.54) is 41.3 Å². The van der Waals surface area contributed by atoms with Crippen LogP contribution < -0.4 is 14.2 Å². The molecule has 1 fully saturated rings. The number of oxime groups is 1. The SMILES string of the molecule is C=CCO[C@@]12Oc3ccc(Oc4cccc([N+](=O)[O-])c4)cc3[C@H]3[C@H](CCCCO)[C@@H](CCCCO)C=C(C(=NOC(C)(C)C)C[C@@H]1N(CCOCCO)C(=O)Oc1ccc([N+](=O)[O-])cc1)[C@H]32. The Hall–Kier alpha value is -5.92. The van der Waals surface area contributed by atoms with Crippen molar-refractivity contribution in [2.24, 2.45) is 22.9 Å². The van der Waals surface area contributed by atoms with Crippen molar-refractivity contribution in [2.75, 3.05) is 46.2 Å². The van der Waals surface area contributed by atoms with E-state index in [2.05, 4.69) is 12.7 Å². The summed E-state index contributed by atoms with van der Waals surface area (Å²) in [4.78, 5) is 44.5. The molecule has 0 spiro atoms. The molecule has 1 aliphatic heterocycles. The fourth-order valence-electron chi connectivity index (χ4n) is 9.20. The summed E-state index contributed by atoms with van der Waals surface area (Å²) in [5, 5.41) is 57.4. The van der Waals surface area contributed by atoms with Crippen molar-refractivity contribution in [1.82, 2.24) is 4.90 Å². The highest BCUT2D eigenvalue weighted by molar-refractivity contribution is 6.03.